The smallest absolute Gasteiger partial charge is 0.246 e. The molecule has 1 N–H and O–H groups in total. The predicted molar refractivity (Wildman–Crippen MR) is 75.7 cm³/mol. The second kappa shape index (κ2) is 5.61. The molecule has 0 aromatic carbocycles. The van der Waals surface area contributed by atoms with Crippen LogP contribution in [0.1, 0.15) is 39.2 Å². The summed E-state index contributed by atoms with van der Waals surface area (Å²) in [6, 6.07) is 3.34. The minimum absolute atomic E-state index is 0.0136. The number of piperazine rings is 1. The van der Waals surface area contributed by atoms with Gasteiger partial charge in [-0.25, -0.2) is 0 Å². The third kappa shape index (κ3) is 2.66. The summed E-state index contributed by atoms with van der Waals surface area (Å²) in [5.74, 6) is -0.111. The summed E-state index contributed by atoms with van der Waals surface area (Å²) >= 11 is 0. The molecular weight excluding hydrogens is 254 g/mol. The van der Waals surface area contributed by atoms with E-state index in [2.05, 4.69) is 10.3 Å². The monoisotopic (exact) mass is 275 g/mol. The lowest BCUT2D eigenvalue weighted by molar-refractivity contribution is -0.156. The van der Waals surface area contributed by atoms with Crippen LogP contribution in [0.5, 0.6) is 0 Å². The van der Waals surface area contributed by atoms with Crippen LogP contribution in [0.15, 0.2) is 24.5 Å². The van der Waals surface area contributed by atoms with Gasteiger partial charge in [0.25, 0.3) is 0 Å². The first-order valence-corrected chi connectivity index (χ1v) is 6.98. The van der Waals surface area contributed by atoms with Crippen molar-refractivity contribution in [1.29, 1.82) is 0 Å². The highest BCUT2D eigenvalue weighted by Crippen LogP contribution is 2.24. The number of amides is 2. The molecule has 1 aliphatic heterocycles. The molecule has 0 spiro atoms. The summed E-state index contributed by atoms with van der Waals surface area (Å²) in [6.07, 6.45) is 4.95. The SMILES string of the molecule is CCCC1NC(=O)C(C)(C)N(Cc2cccnc2)C1=O. The molecule has 1 saturated heterocycles. The molecule has 0 bridgehead atoms. The Balaban J connectivity index is 2.25. The third-order valence-corrected chi connectivity index (χ3v) is 3.74. The number of hydrogen-bond acceptors (Lipinski definition) is 3. The van der Waals surface area contributed by atoms with E-state index in [1.165, 1.54) is 0 Å². The number of hydrogen-bond donors (Lipinski definition) is 1. The van der Waals surface area contributed by atoms with Crippen molar-refractivity contribution >= 4 is 11.8 Å². The summed E-state index contributed by atoms with van der Waals surface area (Å²) in [7, 11) is 0. The lowest BCUT2D eigenvalue weighted by Gasteiger charge is -2.44. The standard InChI is InChI=1S/C15H21N3O2/c1-4-6-12-13(19)18(15(2,3)14(20)17-12)10-11-7-5-8-16-9-11/h5,7-9,12H,4,6,10H2,1-3H3,(H,17,20). The van der Waals surface area contributed by atoms with Crippen molar-refractivity contribution < 1.29 is 9.59 Å². The highest BCUT2D eigenvalue weighted by Gasteiger charge is 2.45. The van der Waals surface area contributed by atoms with E-state index in [1.54, 1.807) is 31.1 Å². The van der Waals surface area contributed by atoms with Gasteiger partial charge >= 0.3 is 0 Å². The lowest BCUT2D eigenvalue weighted by atomic mass is 9.93. The van der Waals surface area contributed by atoms with Gasteiger partial charge < -0.3 is 10.2 Å². The van der Waals surface area contributed by atoms with Gasteiger partial charge in [0.15, 0.2) is 0 Å². The molecule has 20 heavy (non-hydrogen) atoms. The molecule has 1 aromatic rings. The van der Waals surface area contributed by atoms with Crippen molar-refractivity contribution in [2.75, 3.05) is 0 Å². The molecule has 2 rings (SSSR count). The van der Waals surface area contributed by atoms with Crippen LogP contribution in [-0.2, 0) is 16.1 Å². The molecule has 0 saturated carbocycles. The van der Waals surface area contributed by atoms with E-state index < -0.39 is 11.6 Å². The molecule has 5 heteroatoms. The van der Waals surface area contributed by atoms with Crippen LogP contribution < -0.4 is 5.32 Å². The van der Waals surface area contributed by atoms with E-state index in [4.69, 9.17) is 0 Å². The first kappa shape index (κ1) is 14.5. The molecule has 1 aliphatic rings. The van der Waals surface area contributed by atoms with Gasteiger partial charge in [-0.05, 0) is 31.9 Å². The fourth-order valence-corrected chi connectivity index (χ4v) is 2.42. The summed E-state index contributed by atoms with van der Waals surface area (Å²) in [6.45, 7) is 5.97. The lowest BCUT2D eigenvalue weighted by Crippen LogP contribution is -2.67. The average Bonchev–Trinajstić information content (AvgIpc) is 2.43. The normalized spacial score (nSPS) is 21.8. The van der Waals surface area contributed by atoms with Crippen molar-refractivity contribution in [3.63, 3.8) is 0 Å². The zero-order chi connectivity index (χ0) is 14.8. The van der Waals surface area contributed by atoms with E-state index in [0.717, 1.165) is 12.0 Å². The minimum Gasteiger partial charge on any atom is -0.342 e. The molecule has 0 aliphatic carbocycles. The van der Waals surface area contributed by atoms with Crippen LogP contribution >= 0.6 is 0 Å². The van der Waals surface area contributed by atoms with E-state index >= 15 is 0 Å². The zero-order valence-corrected chi connectivity index (χ0v) is 12.2. The Morgan fingerprint density at radius 2 is 2.15 bits per heavy atom. The van der Waals surface area contributed by atoms with Crippen molar-refractivity contribution in [1.82, 2.24) is 15.2 Å². The Hall–Kier alpha value is -1.91. The summed E-state index contributed by atoms with van der Waals surface area (Å²) in [5, 5.41) is 2.83. The summed E-state index contributed by atoms with van der Waals surface area (Å²) < 4.78 is 0. The zero-order valence-electron chi connectivity index (χ0n) is 12.2. The number of pyridine rings is 1. The highest BCUT2D eigenvalue weighted by molar-refractivity contribution is 5.99. The Kier molecular flexibility index (Phi) is 4.06. The van der Waals surface area contributed by atoms with Gasteiger partial charge in [0.2, 0.25) is 11.8 Å². The third-order valence-electron chi connectivity index (χ3n) is 3.74. The van der Waals surface area contributed by atoms with E-state index in [-0.39, 0.29) is 11.8 Å². The first-order valence-electron chi connectivity index (χ1n) is 6.98. The second-order valence-corrected chi connectivity index (χ2v) is 5.66. The van der Waals surface area contributed by atoms with Crippen LogP contribution in [-0.4, -0.2) is 33.3 Å². The highest BCUT2D eigenvalue weighted by atomic mass is 16.2. The molecule has 1 unspecified atom stereocenters. The first-order chi connectivity index (χ1) is 9.46. The van der Waals surface area contributed by atoms with Gasteiger partial charge in [0.05, 0.1) is 0 Å². The minimum atomic E-state index is -0.836. The van der Waals surface area contributed by atoms with Crippen LogP contribution in [0.4, 0.5) is 0 Å². The number of nitrogens with one attached hydrogen (secondary N) is 1. The predicted octanol–water partition coefficient (Wildman–Crippen LogP) is 1.49. The maximum atomic E-state index is 12.6. The van der Waals surface area contributed by atoms with Gasteiger partial charge in [-0.1, -0.05) is 19.4 Å². The number of carbonyl (C=O) groups excluding carboxylic acids is 2. The molecule has 1 fully saturated rings. The number of aromatic nitrogens is 1. The van der Waals surface area contributed by atoms with Gasteiger partial charge in [-0.15, -0.1) is 0 Å². The maximum absolute atomic E-state index is 12.6. The van der Waals surface area contributed by atoms with Crippen molar-refractivity contribution in [2.45, 2.75) is 51.7 Å². The Morgan fingerprint density at radius 3 is 2.75 bits per heavy atom. The van der Waals surface area contributed by atoms with Crippen molar-refractivity contribution in [2.24, 2.45) is 0 Å². The Morgan fingerprint density at radius 1 is 1.40 bits per heavy atom. The average molecular weight is 275 g/mol. The summed E-state index contributed by atoms with van der Waals surface area (Å²) in [5.41, 5.74) is 0.0934. The fraction of sp³-hybridized carbons (Fsp3) is 0.533. The Bertz CT molecular complexity index is 499. The number of carbonyl (C=O) groups is 2. The van der Waals surface area contributed by atoms with E-state index in [1.807, 2.05) is 19.1 Å². The van der Waals surface area contributed by atoms with Crippen molar-refractivity contribution in [3.8, 4) is 0 Å². The van der Waals surface area contributed by atoms with Crippen molar-refractivity contribution in [3.05, 3.63) is 30.1 Å². The number of nitrogens with zero attached hydrogens (tertiary/aromatic N) is 2. The molecule has 108 valence electrons. The molecule has 5 nitrogen and oxygen atoms in total. The van der Waals surface area contributed by atoms with Gasteiger partial charge in [-0.3, -0.25) is 14.6 Å². The van der Waals surface area contributed by atoms with Gasteiger partial charge in [-0.2, -0.15) is 0 Å². The second-order valence-electron chi connectivity index (χ2n) is 5.66. The molecule has 1 atom stereocenters. The molecule has 2 heterocycles. The van der Waals surface area contributed by atoms with E-state index in [9.17, 15) is 9.59 Å². The quantitative estimate of drug-likeness (QED) is 0.905. The van der Waals surface area contributed by atoms with Gasteiger partial charge in [0, 0.05) is 18.9 Å². The molecule has 2 amide bonds. The van der Waals surface area contributed by atoms with Gasteiger partial charge in [0.1, 0.15) is 11.6 Å². The largest absolute Gasteiger partial charge is 0.342 e. The number of rotatable bonds is 4. The summed E-state index contributed by atoms with van der Waals surface area (Å²) in [4.78, 5) is 30.5. The Labute approximate surface area is 119 Å². The van der Waals surface area contributed by atoms with Crippen LogP contribution in [0.25, 0.3) is 0 Å². The topological polar surface area (TPSA) is 62.3 Å². The molecule has 1 aromatic heterocycles. The van der Waals surface area contributed by atoms with E-state index in [0.29, 0.717) is 13.0 Å². The fourth-order valence-electron chi connectivity index (χ4n) is 2.42. The molecule has 0 radical (unpaired) electrons. The van der Waals surface area contributed by atoms with Crippen LogP contribution in [0.3, 0.4) is 0 Å². The van der Waals surface area contributed by atoms with Crippen LogP contribution in [0.2, 0.25) is 0 Å². The molecular formula is C15H21N3O2. The maximum Gasteiger partial charge on any atom is 0.246 e. The van der Waals surface area contributed by atoms with Crippen LogP contribution in [0, 0.1) is 0 Å².